The average molecular weight is 282 g/mol. The maximum absolute atomic E-state index is 12.4. The highest BCUT2D eigenvalue weighted by Gasteiger charge is 2.33. The van der Waals surface area contributed by atoms with Crippen LogP contribution in [0.2, 0.25) is 0 Å². The first-order chi connectivity index (χ1) is 9.37. The molecule has 3 N–H and O–H groups in total. The third-order valence-corrected chi connectivity index (χ3v) is 4.90. The van der Waals surface area contributed by atoms with Crippen LogP contribution < -0.4 is 11.1 Å². The molecule has 0 heterocycles. The molecule has 1 amide bonds. The lowest BCUT2D eigenvalue weighted by atomic mass is 9.76. The number of carbonyl (C=O) groups excluding carboxylic acids is 1. The highest BCUT2D eigenvalue weighted by atomic mass is 16.1. The van der Waals surface area contributed by atoms with E-state index in [2.05, 4.69) is 33.0 Å². The molecule has 1 aliphatic carbocycles. The second-order valence-electron chi connectivity index (χ2n) is 7.40. The number of nitrogens with one attached hydrogen (secondary N) is 1. The lowest BCUT2D eigenvalue weighted by Crippen LogP contribution is -2.46. The second kappa shape index (κ2) is 8.02. The van der Waals surface area contributed by atoms with Crippen LogP contribution in [0.5, 0.6) is 0 Å². The highest BCUT2D eigenvalue weighted by Crippen LogP contribution is 2.29. The molecule has 1 rings (SSSR count). The van der Waals surface area contributed by atoms with Crippen LogP contribution >= 0.6 is 0 Å². The lowest BCUT2D eigenvalue weighted by molar-refractivity contribution is -0.128. The molecule has 0 aromatic carbocycles. The van der Waals surface area contributed by atoms with E-state index in [9.17, 15) is 4.79 Å². The monoisotopic (exact) mass is 282 g/mol. The number of carbonyl (C=O) groups is 1. The minimum absolute atomic E-state index is 0.116. The van der Waals surface area contributed by atoms with Crippen molar-refractivity contribution in [3.8, 4) is 0 Å². The summed E-state index contributed by atoms with van der Waals surface area (Å²) in [6.45, 7) is 9.63. The molecule has 3 unspecified atom stereocenters. The van der Waals surface area contributed by atoms with Gasteiger partial charge in [0.05, 0.1) is 0 Å². The summed E-state index contributed by atoms with van der Waals surface area (Å²) in [4.78, 5) is 12.4. The third-order valence-electron chi connectivity index (χ3n) is 4.90. The number of hydrogen-bond acceptors (Lipinski definition) is 2. The minimum atomic E-state index is 0.116. The van der Waals surface area contributed by atoms with Gasteiger partial charge in [0, 0.05) is 18.5 Å². The summed E-state index contributed by atoms with van der Waals surface area (Å²) in [7, 11) is 0. The SMILES string of the molecule is CCCCCC(C)(C)CNC(=O)C1CCCC(N)C1C. The van der Waals surface area contributed by atoms with Crippen molar-refractivity contribution in [3.05, 3.63) is 0 Å². The van der Waals surface area contributed by atoms with Crippen molar-refractivity contribution in [1.82, 2.24) is 5.32 Å². The van der Waals surface area contributed by atoms with Crippen molar-refractivity contribution in [1.29, 1.82) is 0 Å². The van der Waals surface area contributed by atoms with Gasteiger partial charge >= 0.3 is 0 Å². The Hall–Kier alpha value is -0.570. The third kappa shape index (κ3) is 5.43. The van der Waals surface area contributed by atoms with Crippen molar-refractivity contribution in [2.45, 2.75) is 78.7 Å². The van der Waals surface area contributed by atoms with Gasteiger partial charge < -0.3 is 11.1 Å². The molecule has 0 aromatic rings. The zero-order valence-electron chi connectivity index (χ0n) is 13.9. The molecule has 0 saturated heterocycles. The van der Waals surface area contributed by atoms with E-state index in [1.54, 1.807) is 0 Å². The first-order valence-electron chi connectivity index (χ1n) is 8.40. The Kier molecular flexibility index (Phi) is 7.01. The van der Waals surface area contributed by atoms with Gasteiger partial charge in [0.1, 0.15) is 0 Å². The Labute approximate surface area is 125 Å². The van der Waals surface area contributed by atoms with E-state index in [4.69, 9.17) is 5.73 Å². The topological polar surface area (TPSA) is 55.1 Å². The first kappa shape index (κ1) is 17.5. The molecular formula is C17H34N2O. The summed E-state index contributed by atoms with van der Waals surface area (Å²) in [5, 5.41) is 3.18. The largest absolute Gasteiger partial charge is 0.355 e. The van der Waals surface area contributed by atoms with Gasteiger partial charge in [0.25, 0.3) is 0 Å². The van der Waals surface area contributed by atoms with Crippen molar-refractivity contribution in [3.63, 3.8) is 0 Å². The molecule has 3 heteroatoms. The number of unbranched alkanes of at least 4 members (excludes halogenated alkanes) is 2. The number of amides is 1. The van der Waals surface area contributed by atoms with Crippen LogP contribution in [0.3, 0.4) is 0 Å². The van der Waals surface area contributed by atoms with Crippen molar-refractivity contribution in [2.75, 3.05) is 6.54 Å². The van der Waals surface area contributed by atoms with E-state index in [0.717, 1.165) is 25.8 Å². The molecule has 3 nitrogen and oxygen atoms in total. The fourth-order valence-electron chi connectivity index (χ4n) is 3.17. The van der Waals surface area contributed by atoms with Crippen LogP contribution in [0.1, 0.15) is 72.6 Å². The molecule has 1 fully saturated rings. The number of nitrogens with two attached hydrogens (primary N) is 1. The lowest BCUT2D eigenvalue weighted by Gasteiger charge is -2.34. The van der Waals surface area contributed by atoms with Gasteiger partial charge in [-0.05, 0) is 30.6 Å². The predicted octanol–water partition coefficient (Wildman–Crippen LogP) is 3.47. The smallest absolute Gasteiger partial charge is 0.223 e. The molecule has 0 aliphatic heterocycles. The van der Waals surface area contributed by atoms with Crippen LogP contribution in [-0.4, -0.2) is 18.5 Å². The van der Waals surface area contributed by atoms with Gasteiger partial charge in [-0.25, -0.2) is 0 Å². The number of rotatable bonds is 7. The molecular weight excluding hydrogens is 248 g/mol. The van der Waals surface area contributed by atoms with Crippen molar-refractivity contribution >= 4 is 5.91 Å². The van der Waals surface area contributed by atoms with E-state index < -0.39 is 0 Å². The van der Waals surface area contributed by atoms with Crippen LogP contribution in [-0.2, 0) is 4.79 Å². The van der Waals surface area contributed by atoms with Crippen LogP contribution in [0.15, 0.2) is 0 Å². The second-order valence-corrected chi connectivity index (χ2v) is 7.40. The Morgan fingerprint density at radius 3 is 2.65 bits per heavy atom. The first-order valence-corrected chi connectivity index (χ1v) is 8.40. The van der Waals surface area contributed by atoms with E-state index in [-0.39, 0.29) is 23.3 Å². The molecule has 0 spiro atoms. The Bertz CT molecular complexity index is 301. The van der Waals surface area contributed by atoms with Crippen LogP contribution in [0.4, 0.5) is 0 Å². The molecule has 20 heavy (non-hydrogen) atoms. The summed E-state index contributed by atoms with van der Waals surface area (Å²) in [6.07, 6.45) is 8.12. The van der Waals surface area contributed by atoms with Gasteiger partial charge in [-0.2, -0.15) is 0 Å². The Morgan fingerprint density at radius 1 is 1.30 bits per heavy atom. The molecule has 1 aliphatic rings. The summed E-state index contributed by atoms with van der Waals surface area (Å²) in [6, 6.07) is 0.192. The average Bonchev–Trinajstić information content (AvgIpc) is 2.39. The molecule has 0 bridgehead atoms. The Balaban J connectivity index is 2.38. The zero-order chi connectivity index (χ0) is 15.2. The Morgan fingerprint density at radius 2 is 2.00 bits per heavy atom. The standard InChI is InChI=1S/C17H34N2O/c1-5-6-7-11-17(3,4)12-19-16(20)14-9-8-10-15(18)13(14)2/h13-15H,5-12,18H2,1-4H3,(H,19,20). The summed E-state index contributed by atoms with van der Waals surface area (Å²) < 4.78 is 0. The molecule has 3 atom stereocenters. The molecule has 1 saturated carbocycles. The van der Waals surface area contributed by atoms with Crippen molar-refractivity contribution in [2.24, 2.45) is 23.0 Å². The van der Waals surface area contributed by atoms with Crippen LogP contribution in [0, 0.1) is 17.3 Å². The highest BCUT2D eigenvalue weighted by molar-refractivity contribution is 5.79. The van der Waals surface area contributed by atoms with E-state index in [0.29, 0.717) is 5.92 Å². The molecule has 118 valence electrons. The fourth-order valence-corrected chi connectivity index (χ4v) is 3.17. The minimum Gasteiger partial charge on any atom is -0.355 e. The van der Waals surface area contributed by atoms with E-state index in [1.807, 2.05) is 0 Å². The zero-order valence-corrected chi connectivity index (χ0v) is 13.9. The van der Waals surface area contributed by atoms with E-state index >= 15 is 0 Å². The van der Waals surface area contributed by atoms with E-state index in [1.165, 1.54) is 25.7 Å². The number of hydrogen-bond donors (Lipinski definition) is 2. The van der Waals surface area contributed by atoms with Crippen molar-refractivity contribution < 1.29 is 4.79 Å². The molecule has 0 aromatic heterocycles. The maximum Gasteiger partial charge on any atom is 0.223 e. The summed E-state index contributed by atoms with van der Waals surface area (Å²) in [5.74, 6) is 0.647. The summed E-state index contributed by atoms with van der Waals surface area (Å²) >= 11 is 0. The van der Waals surface area contributed by atoms with Gasteiger partial charge in [-0.3, -0.25) is 4.79 Å². The van der Waals surface area contributed by atoms with Gasteiger partial charge in [0.15, 0.2) is 0 Å². The van der Waals surface area contributed by atoms with Gasteiger partial charge in [-0.15, -0.1) is 0 Å². The van der Waals surface area contributed by atoms with Gasteiger partial charge in [0.2, 0.25) is 5.91 Å². The summed E-state index contributed by atoms with van der Waals surface area (Å²) in [5.41, 5.74) is 6.29. The fraction of sp³-hybridized carbons (Fsp3) is 0.941. The molecule has 0 radical (unpaired) electrons. The quantitative estimate of drug-likeness (QED) is 0.702. The maximum atomic E-state index is 12.4. The normalized spacial score (nSPS) is 27.4. The van der Waals surface area contributed by atoms with Crippen LogP contribution in [0.25, 0.3) is 0 Å². The van der Waals surface area contributed by atoms with Gasteiger partial charge in [-0.1, -0.05) is 53.4 Å². The predicted molar refractivity (Wildman–Crippen MR) is 85.4 cm³/mol.